The van der Waals surface area contributed by atoms with Gasteiger partial charge in [-0.2, -0.15) is 13.2 Å². The molecule has 1 aromatic carbocycles. The summed E-state index contributed by atoms with van der Waals surface area (Å²) in [6, 6.07) is 3.45. The SMILES string of the molecule is CC(C)N1CCN(C(=O)C2CCC(Nc3ccc(C(F)(F)F)c(F)c3)CC2)CC1. The van der Waals surface area contributed by atoms with E-state index in [2.05, 4.69) is 24.1 Å². The van der Waals surface area contributed by atoms with Crippen molar-refractivity contribution in [3.8, 4) is 0 Å². The number of nitrogens with zero attached hydrogens (tertiary/aromatic N) is 2. The van der Waals surface area contributed by atoms with Crippen LogP contribution in [-0.4, -0.2) is 54.0 Å². The first-order valence-electron chi connectivity index (χ1n) is 10.3. The molecule has 0 unspecified atom stereocenters. The molecular formula is C21H29F4N3O. The molecule has 0 spiro atoms. The fraction of sp³-hybridized carbons (Fsp3) is 0.667. The van der Waals surface area contributed by atoms with Crippen LogP contribution in [0.3, 0.4) is 0 Å². The minimum absolute atomic E-state index is 0.00277. The topological polar surface area (TPSA) is 35.6 Å². The molecule has 1 aliphatic carbocycles. The summed E-state index contributed by atoms with van der Waals surface area (Å²) in [5.41, 5.74) is -0.912. The Morgan fingerprint density at radius 2 is 1.69 bits per heavy atom. The standard InChI is InChI=1S/C21H29F4N3O/c1-14(2)27-9-11-28(12-10-27)20(29)15-3-5-16(6-4-15)26-17-7-8-18(19(22)13-17)21(23,24)25/h7-8,13-16,26H,3-6,9-12H2,1-2H3. The van der Waals surface area contributed by atoms with E-state index in [-0.39, 0.29) is 17.9 Å². The first-order chi connectivity index (χ1) is 13.6. The number of alkyl halides is 3. The average Bonchev–Trinajstić information content (AvgIpc) is 2.67. The van der Waals surface area contributed by atoms with Gasteiger partial charge in [0, 0.05) is 49.9 Å². The molecule has 2 aliphatic rings. The number of benzene rings is 1. The van der Waals surface area contributed by atoms with Crippen LogP contribution in [0.15, 0.2) is 18.2 Å². The first kappa shape index (κ1) is 21.9. The lowest BCUT2D eigenvalue weighted by atomic mass is 9.85. The number of halogens is 4. The second-order valence-corrected chi connectivity index (χ2v) is 8.34. The summed E-state index contributed by atoms with van der Waals surface area (Å²) in [6.45, 7) is 7.65. The van der Waals surface area contributed by atoms with Crippen LogP contribution in [-0.2, 0) is 11.0 Å². The summed E-state index contributed by atoms with van der Waals surface area (Å²) < 4.78 is 51.8. The fourth-order valence-corrected chi connectivity index (χ4v) is 4.27. The van der Waals surface area contributed by atoms with E-state index in [1.54, 1.807) is 0 Å². The normalized spacial score (nSPS) is 24.0. The summed E-state index contributed by atoms with van der Waals surface area (Å²) in [5, 5.41) is 3.12. The lowest BCUT2D eigenvalue weighted by molar-refractivity contribution is -0.140. The summed E-state index contributed by atoms with van der Waals surface area (Å²) in [4.78, 5) is 17.1. The molecule has 0 atom stereocenters. The predicted molar refractivity (Wildman–Crippen MR) is 104 cm³/mol. The highest BCUT2D eigenvalue weighted by atomic mass is 19.4. The van der Waals surface area contributed by atoms with Crippen molar-refractivity contribution < 1.29 is 22.4 Å². The monoisotopic (exact) mass is 415 g/mol. The summed E-state index contributed by atoms with van der Waals surface area (Å²) in [6.07, 6.45) is -1.73. The number of anilines is 1. The van der Waals surface area contributed by atoms with Gasteiger partial charge >= 0.3 is 6.18 Å². The Hall–Kier alpha value is -1.83. The largest absolute Gasteiger partial charge is 0.419 e. The lowest BCUT2D eigenvalue weighted by Crippen LogP contribution is -2.52. The number of hydrogen-bond acceptors (Lipinski definition) is 3. The Balaban J connectivity index is 1.48. The maximum Gasteiger partial charge on any atom is 0.419 e. The highest BCUT2D eigenvalue weighted by molar-refractivity contribution is 5.79. The van der Waals surface area contributed by atoms with Crippen LogP contribution in [0.25, 0.3) is 0 Å². The molecular weight excluding hydrogens is 386 g/mol. The highest BCUT2D eigenvalue weighted by Gasteiger charge is 2.34. The predicted octanol–water partition coefficient (Wildman–Crippen LogP) is 4.37. The molecule has 29 heavy (non-hydrogen) atoms. The van der Waals surface area contributed by atoms with Gasteiger partial charge in [-0.3, -0.25) is 9.69 Å². The van der Waals surface area contributed by atoms with Gasteiger partial charge in [0.2, 0.25) is 5.91 Å². The molecule has 162 valence electrons. The third-order valence-electron chi connectivity index (χ3n) is 6.08. The first-order valence-corrected chi connectivity index (χ1v) is 10.3. The number of carbonyl (C=O) groups excluding carboxylic acids is 1. The van der Waals surface area contributed by atoms with Crippen LogP contribution in [0.5, 0.6) is 0 Å². The molecule has 1 aromatic rings. The maximum atomic E-state index is 13.7. The van der Waals surface area contributed by atoms with E-state index in [1.165, 1.54) is 6.07 Å². The van der Waals surface area contributed by atoms with Crippen molar-refractivity contribution >= 4 is 11.6 Å². The number of nitrogens with one attached hydrogen (secondary N) is 1. The molecule has 0 bridgehead atoms. The van der Waals surface area contributed by atoms with Crippen LogP contribution < -0.4 is 5.32 Å². The summed E-state index contributed by atoms with van der Waals surface area (Å²) in [5.74, 6) is -1.05. The van der Waals surface area contributed by atoms with Gasteiger partial charge in [0.15, 0.2) is 0 Å². The average molecular weight is 415 g/mol. The molecule has 1 amide bonds. The molecule has 1 N–H and O–H groups in total. The van der Waals surface area contributed by atoms with E-state index < -0.39 is 17.6 Å². The second-order valence-electron chi connectivity index (χ2n) is 8.34. The van der Waals surface area contributed by atoms with Gasteiger partial charge in [-0.25, -0.2) is 4.39 Å². The molecule has 0 aromatic heterocycles. The van der Waals surface area contributed by atoms with E-state index in [9.17, 15) is 22.4 Å². The van der Waals surface area contributed by atoms with E-state index in [0.717, 1.165) is 64.0 Å². The molecule has 3 rings (SSSR count). The van der Waals surface area contributed by atoms with Crippen LogP contribution >= 0.6 is 0 Å². The Bertz CT molecular complexity index is 706. The Kier molecular flexibility index (Phi) is 6.71. The van der Waals surface area contributed by atoms with E-state index >= 15 is 0 Å². The smallest absolute Gasteiger partial charge is 0.382 e. The Morgan fingerprint density at radius 3 is 2.21 bits per heavy atom. The van der Waals surface area contributed by atoms with E-state index in [1.807, 2.05) is 4.90 Å². The molecule has 2 fully saturated rings. The molecule has 4 nitrogen and oxygen atoms in total. The van der Waals surface area contributed by atoms with Crippen LogP contribution in [0.1, 0.15) is 45.1 Å². The van der Waals surface area contributed by atoms with Crippen molar-refractivity contribution in [1.82, 2.24) is 9.80 Å². The van der Waals surface area contributed by atoms with Crippen molar-refractivity contribution in [3.05, 3.63) is 29.6 Å². The maximum absolute atomic E-state index is 13.7. The van der Waals surface area contributed by atoms with Gasteiger partial charge in [0.25, 0.3) is 0 Å². The van der Waals surface area contributed by atoms with Crippen molar-refractivity contribution in [2.24, 2.45) is 5.92 Å². The molecule has 1 saturated carbocycles. The number of rotatable bonds is 4. The summed E-state index contributed by atoms with van der Waals surface area (Å²) >= 11 is 0. The number of amides is 1. The van der Waals surface area contributed by atoms with Crippen molar-refractivity contribution in [2.75, 3.05) is 31.5 Å². The number of piperazine rings is 1. The molecule has 8 heteroatoms. The molecule has 1 heterocycles. The number of carbonyl (C=O) groups is 1. The Labute approximate surface area is 169 Å². The third-order valence-corrected chi connectivity index (χ3v) is 6.08. The van der Waals surface area contributed by atoms with Crippen LogP contribution in [0.2, 0.25) is 0 Å². The van der Waals surface area contributed by atoms with Gasteiger partial charge in [-0.05, 0) is 57.7 Å². The quantitative estimate of drug-likeness (QED) is 0.742. The van der Waals surface area contributed by atoms with Gasteiger partial charge < -0.3 is 10.2 Å². The molecule has 0 radical (unpaired) electrons. The lowest BCUT2D eigenvalue weighted by Gasteiger charge is -2.39. The zero-order valence-electron chi connectivity index (χ0n) is 16.9. The fourth-order valence-electron chi connectivity index (χ4n) is 4.27. The molecule has 1 aliphatic heterocycles. The van der Waals surface area contributed by atoms with Crippen molar-refractivity contribution in [3.63, 3.8) is 0 Å². The van der Waals surface area contributed by atoms with Gasteiger partial charge in [0.1, 0.15) is 5.82 Å². The third kappa shape index (κ3) is 5.41. The zero-order chi connectivity index (χ0) is 21.2. The number of hydrogen-bond donors (Lipinski definition) is 1. The second kappa shape index (κ2) is 8.90. The Morgan fingerprint density at radius 1 is 1.07 bits per heavy atom. The van der Waals surface area contributed by atoms with Gasteiger partial charge in [-0.15, -0.1) is 0 Å². The van der Waals surface area contributed by atoms with Gasteiger partial charge in [-0.1, -0.05) is 0 Å². The van der Waals surface area contributed by atoms with Crippen molar-refractivity contribution in [1.29, 1.82) is 0 Å². The van der Waals surface area contributed by atoms with Crippen LogP contribution in [0.4, 0.5) is 23.2 Å². The minimum Gasteiger partial charge on any atom is -0.382 e. The van der Waals surface area contributed by atoms with E-state index in [4.69, 9.17) is 0 Å². The minimum atomic E-state index is -4.69. The van der Waals surface area contributed by atoms with Gasteiger partial charge in [0.05, 0.1) is 5.56 Å². The van der Waals surface area contributed by atoms with Crippen LogP contribution in [0, 0.1) is 11.7 Å². The highest BCUT2D eigenvalue weighted by Crippen LogP contribution is 2.33. The van der Waals surface area contributed by atoms with Crippen molar-refractivity contribution in [2.45, 2.75) is 57.8 Å². The van der Waals surface area contributed by atoms with E-state index in [0.29, 0.717) is 11.7 Å². The molecule has 1 saturated heterocycles. The zero-order valence-corrected chi connectivity index (χ0v) is 16.9. The summed E-state index contributed by atoms with van der Waals surface area (Å²) in [7, 11) is 0.